The molecule has 1 heterocycles. The number of aromatic nitrogens is 1. The van der Waals surface area contributed by atoms with Gasteiger partial charge in [0.15, 0.2) is 0 Å². The van der Waals surface area contributed by atoms with Gasteiger partial charge >= 0.3 is 0 Å². The van der Waals surface area contributed by atoms with Crippen LogP contribution in [0.3, 0.4) is 0 Å². The lowest BCUT2D eigenvalue weighted by Crippen LogP contribution is -2.35. The van der Waals surface area contributed by atoms with Crippen LogP contribution in [-0.2, 0) is 5.54 Å². The fourth-order valence-corrected chi connectivity index (χ4v) is 3.00. The smallest absolute Gasteiger partial charge is 0.0705 e. The summed E-state index contributed by atoms with van der Waals surface area (Å²) in [4.78, 5) is 4.43. The van der Waals surface area contributed by atoms with Gasteiger partial charge in [0.25, 0.3) is 0 Å². The third kappa shape index (κ3) is 2.32. The summed E-state index contributed by atoms with van der Waals surface area (Å²) >= 11 is 0. The molecule has 2 N–H and O–H groups in total. The van der Waals surface area contributed by atoms with E-state index in [2.05, 4.69) is 56.1 Å². The van der Waals surface area contributed by atoms with Gasteiger partial charge in [-0.2, -0.15) is 0 Å². The first-order valence-electron chi connectivity index (χ1n) is 7.21. The number of nitrogens with two attached hydrogens (primary N) is 1. The minimum atomic E-state index is -0.543. The molecule has 0 aliphatic rings. The second-order valence-corrected chi connectivity index (χ2v) is 5.90. The summed E-state index contributed by atoms with van der Waals surface area (Å²) in [6.45, 7) is 6.30. The summed E-state index contributed by atoms with van der Waals surface area (Å²) in [6, 6.07) is 16.7. The molecule has 0 aliphatic heterocycles. The highest BCUT2D eigenvalue weighted by Crippen LogP contribution is 2.33. The topological polar surface area (TPSA) is 38.9 Å². The molecule has 2 nitrogen and oxygen atoms in total. The number of fused-ring (bicyclic) bond motifs is 1. The zero-order chi connectivity index (χ0) is 15.0. The van der Waals surface area contributed by atoms with Gasteiger partial charge < -0.3 is 5.73 Å². The van der Waals surface area contributed by atoms with E-state index < -0.39 is 5.54 Å². The second-order valence-electron chi connectivity index (χ2n) is 5.90. The maximum absolute atomic E-state index is 6.77. The molecule has 2 aromatic carbocycles. The maximum Gasteiger partial charge on any atom is 0.0705 e. The maximum atomic E-state index is 6.77. The Bertz CT molecular complexity index is 798. The highest BCUT2D eigenvalue weighted by Gasteiger charge is 2.27. The molecule has 1 unspecified atom stereocenters. The van der Waals surface area contributed by atoms with Crippen molar-refractivity contribution in [2.24, 2.45) is 5.73 Å². The van der Waals surface area contributed by atoms with Crippen LogP contribution in [-0.4, -0.2) is 4.98 Å². The summed E-state index contributed by atoms with van der Waals surface area (Å²) in [5.41, 5.74) is 11.9. The lowest BCUT2D eigenvalue weighted by atomic mass is 9.81. The summed E-state index contributed by atoms with van der Waals surface area (Å²) in [5.74, 6) is 0. The van der Waals surface area contributed by atoms with Gasteiger partial charge in [-0.3, -0.25) is 4.98 Å². The van der Waals surface area contributed by atoms with Crippen LogP contribution in [0.5, 0.6) is 0 Å². The van der Waals surface area contributed by atoms with Crippen molar-refractivity contribution in [3.8, 4) is 0 Å². The molecule has 0 saturated heterocycles. The number of aryl methyl sites for hydroxylation is 2. The van der Waals surface area contributed by atoms with E-state index in [0.29, 0.717) is 0 Å². The molecule has 21 heavy (non-hydrogen) atoms. The van der Waals surface area contributed by atoms with Crippen LogP contribution in [0.4, 0.5) is 0 Å². The monoisotopic (exact) mass is 276 g/mol. The summed E-state index contributed by atoms with van der Waals surface area (Å²) in [5, 5.41) is 1.12. The predicted molar refractivity (Wildman–Crippen MR) is 88.3 cm³/mol. The van der Waals surface area contributed by atoms with Crippen molar-refractivity contribution in [2.75, 3.05) is 0 Å². The Morgan fingerprint density at radius 2 is 1.76 bits per heavy atom. The third-order valence-electron chi connectivity index (χ3n) is 4.16. The van der Waals surface area contributed by atoms with Crippen molar-refractivity contribution < 1.29 is 0 Å². The van der Waals surface area contributed by atoms with Crippen molar-refractivity contribution in [1.82, 2.24) is 4.98 Å². The summed E-state index contributed by atoms with van der Waals surface area (Å²) < 4.78 is 0. The van der Waals surface area contributed by atoms with Crippen LogP contribution in [0.25, 0.3) is 10.9 Å². The molecular formula is C19H20N2. The van der Waals surface area contributed by atoms with Crippen molar-refractivity contribution >= 4 is 10.9 Å². The lowest BCUT2D eigenvalue weighted by Gasteiger charge is -2.29. The Hall–Kier alpha value is -2.19. The zero-order valence-corrected chi connectivity index (χ0v) is 12.7. The Morgan fingerprint density at radius 3 is 2.57 bits per heavy atom. The predicted octanol–water partition coefficient (Wildman–Crippen LogP) is 4.07. The molecule has 106 valence electrons. The number of hydrogen-bond acceptors (Lipinski definition) is 2. The molecule has 0 saturated carbocycles. The molecule has 3 rings (SSSR count). The van der Waals surface area contributed by atoms with E-state index in [4.69, 9.17) is 5.73 Å². The van der Waals surface area contributed by atoms with Crippen LogP contribution >= 0.6 is 0 Å². The lowest BCUT2D eigenvalue weighted by molar-refractivity contribution is 0.604. The molecule has 0 aliphatic carbocycles. The third-order valence-corrected chi connectivity index (χ3v) is 4.16. The molecule has 1 atom stereocenters. The van der Waals surface area contributed by atoms with E-state index in [-0.39, 0.29) is 0 Å². The van der Waals surface area contributed by atoms with E-state index in [1.54, 1.807) is 0 Å². The Balaban J connectivity index is 2.27. The normalized spacial score (nSPS) is 14.1. The number of pyridine rings is 1. The fourth-order valence-electron chi connectivity index (χ4n) is 3.00. The molecule has 0 bridgehead atoms. The number of benzene rings is 2. The zero-order valence-electron chi connectivity index (χ0n) is 12.7. The van der Waals surface area contributed by atoms with E-state index in [1.165, 1.54) is 16.7 Å². The number of nitrogens with zero attached hydrogens (tertiary/aromatic N) is 1. The van der Waals surface area contributed by atoms with Crippen molar-refractivity contribution in [3.05, 3.63) is 77.0 Å². The average molecular weight is 276 g/mol. The molecule has 0 amide bonds. The largest absolute Gasteiger partial charge is 0.318 e. The minimum Gasteiger partial charge on any atom is -0.318 e. The highest BCUT2D eigenvalue weighted by atomic mass is 14.7. The first-order chi connectivity index (χ1) is 10.00. The second kappa shape index (κ2) is 4.97. The van der Waals surface area contributed by atoms with Crippen LogP contribution in [0, 0.1) is 13.8 Å². The van der Waals surface area contributed by atoms with Crippen molar-refractivity contribution in [3.63, 3.8) is 0 Å². The van der Waals surface area contributed by atoms with Gasteiger partial charge in [0.05, 0.1) is 11.1 Å². The molecule has 3 aromatic rings. The van der Waals surface area contributed by atoms with E-state index in [9.17, 15) is 0 Å². The van der Waals surface area contributed by atoms with Crippen molar-refractivity contribution in [2.45, 2.75) is 26.3 Å². The first-order valence-corrected chi connectivity index (χ1v) is 7.21. The molecule has 0 radical (unpaired) electrons. The molecule has 0 fully saturated rings. The van der Waals surface area contributed by atoms with Gasteiger partial charge in [-0.1, -0.05) is 42.0 Å². The van der Waals surface area contributed by atoms with Crippen LogP contribution in [0.2, 0.25) is 0 Å². The van der Waals surface area contributed by atoms with Gasteiger partial charge in [-0.15, -0.1) is 0 Å². The first kappa shape index (κ1) is 13.8. The molecule has 2 heteroatoms. The SMILES string of the molecule is Cc1ccc(C)c(C(C)(N)c2cccc3ncccc23)c1. The van der Waals surface area contributed by atoms with Gasteiger partial charge in [-0.25, -0.2) is 0 Å². The van der Waals surface area contributed by atoms with Gasteiger partial charge in [0, 0.05) is 11.6 Å². The van der Waals surface area contributed by atoms with Crippen molar-refractivity contribution in [1.29, 1.82) is 0 Å². The standard InChI is InChI=1S/C19H20N2/c1-13-9-10-14(2)17(12-13)19(3,20)16-7-4-8-18-15(16)6-5-11-21-18/h4-12H,20H2,1-3H3. The van der Waals surface area contributed by atoms with E-state index in [0.717, 1.165) is 16.5 Å². The van der Waals surface area contributed by atoms with Gasteiger partial charge in [0.1, 0.15) is 0 Å². The van der Waals surface area contributed by atoms with Gasteiger partial charge in [-0.05, 0) is 49.6 Å². The number of hydrogen-bond donors (Lipinski definition) is 1. The molecule has 0 spiro atoms. The number of rotatable bonds is 2. The highest BCUT2D eigenvalue weighted by molar-refractivity contribution is 5.83. The van der Waals surface area contributed by atoms with Crippen LogP contribution < -0.4 is 5.73 Å². The summed E-state index contributed by atoms with van der Waals surface area (Å²) in [6.07, 6.45) is 1.82. The van der Waals surface area contributed by atoms with Crippen LogP contribution in [0.15, 0.2) is 54.7 Å². The molecular weight excluding hydrogens is 256 g/mol. The van der Waals surface area contributed by atoms with E-state index >= 15 is 0 Å². The minimum absolute atomic E-state index is 0.543. The molecule has 1 aromatic heterocycles. The van der Waals surface area contributed by atoms with Gasteiger partial charge in [0.2, 0.25) is 0 Å². The Kier molecular flexibility index (Phi) is 3.26. The van der Waals surface area contributed by atoms with E-state index in [1.807, 2.05) is 24.4 Å². The Morgan fingerprint density at radius 1 is 0.952 bits per heavy atom. The average Bonchev–Trinajstić information content (AvgIpc) is 2.49. The Labute approximate surface area is 125 Å². The fraction of sp³-hybridized carbons (Fsp3) is 0.211. The van der Waals surface area contributed by atoms with Crippen LogP contribution in [0.1, 0.15) is 29.2 Å². The quantitative estimate of drug-likeness (QED) is 0.766. The summed E-state index contributed by atoms with van der Waals surface area (Å²) in [7, 11) is 0.